The highest BCUT2D eigenvalue weighted by Gasteiger charge is 2.05. The van der Waals surface area contributed by atoms with Crippen molar-refractivity contribution in [2.24, 2.45) is 0 Å². The van der Waals surface area contributed by atoms with Crippen LogP contribution < -0.4 is 10.1 Å². The van der Waals surface area contributed by atoms with Gasteiger partial charge in [0.15, 0.2) is 0 Å². The number of ether oxygens (including phenoxy) is 1. The molecule has 0 atom stereocenters. The maximum absolute atomic E-state index is 5.69. The number of nitrogens with one attached hydrogen (secondary N) is 1. The summed E-state index contributed by atoms with van der Waals surface area (Å²) in [4.78, 5) is 4.72. The van der Waals surface area contributed by atoms with E-state index in [2.05, 4.69) is 50.4 Å². The third-order valence-corrected chi connectivity index (χ3v) is 3.36. The zero-order valence-corrected chi connectivity index (χ0v) is 13.1. The van der Waals surface area contributed by atoms with Gasteiger partial charge in [-0.2, -0.15) is 0 Å². The van der Waals surface area contributed by atoms with Crippen LogP contribution in [0.5, 0.6) is 5.75 Å². The molecule has 0 fully saturated rings. The van der Waals surface area contributed by atoms with Crippen LogP contribution in [0.2, 0.25) is 0 Å². The van der Waals surface area contributed by atoms with E-state index in [1.807, 2.05) is 12.1 Å². The summed E-state index contributed by atoms with van der Waals surface area (Å²) in [6.07, 6.45) is 1.01. The second-order valence-corrected chi connectivity index (χ2v) is 5.10. The summed E-state index contributed by atoms with van der Waals surface area (Å²) in [6, 6.07) is 12.4. The van der Waals surface area contributed by atoms with E-state index in [0.717, 1.165) is 48.8 Å². The highest BCUT2D eigenvalue weighted by Crippen LogP contribution is 2.23. The standard InChI is InChI=1S/C18H24N2O/c1-4-11-21-17-8-6-7-15(12-17)18-10-9-16(13-19-5-2)14(3)20-18/h6-10,12,19H,4-5,11,13H2,1-3H3. The monoisotopic (exact) mass is 284 g/mol. The lowest BCUT2D eigenvalue weighted by molar-refractivity contribution is 0.317. The molecule has 112 valence electrons. The van der Waals surface area contributed by atoms with Crippen molar-refractivity contribution in [1.29, 1.82) is 0 Å². The fourth-order valence-corrected chi connectivity index (χ4v) is 2.16. The van der Waals surface area contributed by atoms with E-state index in [0.29, 0.717) is 0 Å². The first-order valence-corrected chi connectivity index (χ1v) is 7.65. The molecular weight excluding hydrogens is 260 g/mol. The number of aryl methyl sites for hydroxylation is 1. The lowest BCUT2D eigenvalue weighted by Crippen LogP contribution is -2.13. The number of pyridine rings is 1. The SMILES string of the molecule is CCCOc1cccc(-c2ccc(CNCC)c(C)n2)c1. The number of hydrogen-bond donors (Lipinski definition) is 1. The summed E-state index contributed by atoms with van der Waals surface area (Å²) in [5.74, 6) is 0.908. The zero-order valence-electron chi connectivity index (χ0n) is 13.1. The topological polar surface area (TPSA) is 34.1 Å². The fraction of sp³-hybridized carbons (Fsp3) is 0.389. The Balaban J connectivity index is 2.19. The average molecular weight is 284 g/mol. The summed E-state index contributed by atoms with van der Waals surface area (Å²) >= 11 is 0. The van der Waals surface area contributed by atoms with Crippen molar-refractivity contribution in [3.05, 3.63) is 47.7 Å². The van der Waals surface area contributed by atoms with Crippen LogP contribution in [-0.2, 0) is 6.54 Å². The molecule has 0 saturated heterocycles. The van der Waals surface area contributed by atoms with Crippen molar-refractivity contribution in [1.82, 2.24) is 10.3 Å². The number of hydrogen-bond acceptors (Lipinski definition) is 3. The molecule has 0 aliphatic rings. The predicted octanol–water partition coefficient (Wildman–Crippen LogP) is 3.96. The number of rotatable bonds is 7. The Morgan fingerprint density at radius 1 is 1.14 bits per heavy atom. The third-order valence-electron chi connectivity index (χ3n) is 3.36. The number of nitrogens with zero attached hydrogens (tertiary/aromatic N) is 1. The summed E-state index contributed by atoms with van der Waals surface area (Å²) < 4.78 is 5.69. The van der Waals surface area contributed by atoms with Gasteiger partial charge in [0.25, 0.3) is 0 Å². The van der Waals surface area contributed by atoms with Gasteiger partial charge in [-0.15, -0.1) is 0 Å². The molecule has 0 spiro atoms. The number of aromatic nitrogens is 1. The van der Waals surface area contributed by atoms with E-state index in [1.54, 1.807) is 0 Å². The highest BCUT2D eigenvalue weighted by atomic mass is 16.5. The van der Waals surface area contributed by atoms with Gasteiger partial charge in [0, 0.05) is 17.8 Å². The van der Waals surface area contributed by atoms with E-state index in [-0.39, 0.29) is 0 Å². The Morgan fingerprint density at radius 3 is 2.71 bits per heavy atom. The summed E-state index contributed by atoms with van der Waals surface area (Å²) in [5.41, 5.74) is 4.42. The van der Waals surface area contributed by atoms with Crippen molar-refractivity contribution >= 4 is 0 Å². The molecular formula is C18H24N2O. The van der Waals surface area contributed by atoms with E-state index >= 15 is 0 Å². The molecule has 1 aromatic carbocycles. The Hall–Kier alpha value is -1.87. The van der Waals surface area contributed by atoms with Crippen LogP contribution in [0, 0.1) is 6.92 Å². The van der Waals surface area contributed by atoms with Crippen LogP contribution in [0.15, 0.2) is 36.4 Å². The van der Waals surface area contributed by atoms with E-state index in [4.69, 9.17) is 9.72 Å². The quantitative estimate of drug-likeness (QED) is 0.835. The largest absolute Gasteiger partial charge is 0.494 e. The van der Waals surface area contributed by atoms with Gasteiger partial charge >= 0.3 is 0 Å². The fourth-order valence-electron chi connectivity index (χ4n) is 2.16. The van der Waals surface area contributed by atoms with E-state index in [9.17, 15) is 0 Å². The third kappa shape index (κ3) is 4.30. The van der Waals surface area contributed by atoms with E-state index in [1.165, 1.54) is 5.56 Å². The van der Waals surface area contributed by atoms with Crippen LogP contribution in [-0.4, -0.2) is 18.1 Å². The molecule has 3 nitrogen and oxygen atoms in total. The van der Waals surface area contributed by atoms with Crippen LogP contribution in [0.3, 0.4) is 0 Å². The van der Waals surface area contributed by atoms with Gasteiger partial charge in [-0.1, -0.05) is 32.0 Å². The van der Waals surface area contributed by atoms with Gasteiger partial charge in [0.2, 0.25) is 0 Å². The van der Waals surface area contributed by atoms with Crippen molar-refractivity contribution in [3.63, 3.8) is 0 Å². The molecule has 0 aliphatic heterocycles. The molecule has 3 heteroatoms. The van der Waals surface area contributed by atoms with Gasteiger partial charge < -0.3 is 10.1 Å². The second kappa shape index (κ2) is 7.79. The van der Waals surface area contributed by atoms with Gasteiger partial charge in [-0.25, -0.2) is 0 Å². The van der Waals surface area contributed by atoms with Crippen molar-refractivity contribution in [3.8, 4) is 17.0 Å². The smallest absolute Gasteiger partial charge is 0.119 e. The minimum atomic E-state index is 0.748. The summed E-state index contributed by atoms with van der Waals surface area (Å²) in [6.45, 7) is 8.87. The van der Waals surface area contributed by atoms with Gasteiger partial charge in [0.05, 0.1) is 12.3 Å². The summed E-state index contributed by atoms with van der Waals surface area (Å²) in [5, 5.41) is 3.34. The maximum Gasteiger partial charge on any atom is 0.119 e. The number of benzene rings is 1. The second-order valence-electron chi connectivity index (χ2n) is 5.10. The zero-order chi connectivity index (χ0) is 15.1. The van der Waals surface area contributed by atoms with Crippen molar-refractivity contribution in [2.75, 3.05) is 13.2 Å². The first-order chi connectivity index (χ1) is 10.2. The first kappa shape index (κ1) is 15.5. The molecule has 0 radical (unpaired) electrons. The molecule has 1 heterocycles. The van der Waals surface area contributed by atoms with Crippen molar-refractivity contribution in [2.45, 2.75) is 33.7 Å². The molecule has 0 bridgehead atoms. The Kier molecular flexibility index (Phi) is 5.76. The van der Waals surface area contributed by atoms with Crippen LogP contribution in [0.4, 0.5) is 0 Å². The maximum atomic E-state index is 5.69. The first-order valence-electron chi connectivity index (χ1n) is 7.65. The lowest BCUT2D eigenvalue weighted by Gasteiger charge is -2.10. The van der Waals surface area contributed by atoms with Crippen LogP contribution in [0.1, 0.15) is 31.5 Å². The lowest BCUT2D eigenvalue weighted by atomic mass is 10.1. The summed E-state index contributed by atoms with van der Waals surface area (Å²) in [7, 11) is 0. The predicted molar refractivity (Wildman–Crippen MR) is 87.6 cm³/mol. The molecule has 0 amide bonds. The average Bonchev–Trinajstić information content (AvgIpc) is 2.52. The normalized spacial score (nSPS) is 10.6. The van der Waals surface area contributed by atoms with E-state index < -0.39 is 0 Å². The van der Waals surface area contributed by atoms with Gasteiger partial charge in [-0.05, 0) is 43.7 Å². The molecule has 21 heavy (non-hydrogen) atoms. The van der Waals surface area contributed by atoms with Gasteiger partial charge in [-0.3, -0.25) is 4.98 Å². The van der Waals surface area contributed by atoms with Gasteiger partial charge in [0.1, 0.15) is 5.75 Å². The Bertz CT molecular complexity index is 581. The highest BCUT2D eigenvalue weighted by molar-refractivity contribution is 5.61. The molecule has 0 unspecified atom stereocenters. The molecule has 0 saturated carbocycles. The molecule has 1 N–H and O–H groups in total. The van der Waals surface area contributed by atoms with Crippen molar-refractivity contribution < 1.29 is 4.74 Å². The van der Waals surface area contributed by atoms with Crippen LogP contribution in [0.25, 0.3) is 11.3 Å². The molecule has 2 aromatic rings. The Labute approximate surface area is 127 Å². The Morgan fingerprint density at radius 2 is 2.00 bits per heavy atom. The molecule has 2 rings (SSSR count). The minimum absolute atomic E-state index is 0.748. The minimum Gasteiger partial charge on any atom is -0.494 e. The van der Waals surface area contributed by atoms with Crippen LogP contribution >= 0.6 is 0 Å². The molecule has 1 aromatic heterocycles. The molecule has 0 aliphatic carbocycles.